The van der Waals surface area contributed by atoms with Crippen molar-refractivity contribution in [2.24, 2.45) is 4.99 Å². The van der Waals surface area contributed by atoms with Gasteiger partial charge in [0.1, 0.15) is 5.60 Å². The molecule has 150 valence electrons. The van der Waals surface area contributed by atoms with Gasteiger partial charge in [0.15, 0.2) is 11.8 Å². The second kappa shape index (κ2) is 11.9. The number of aromatic nitrogens is 2. The highest BCUT2D eigenvalue weighted by Crippen LogP contribution is 2.09. The van der Waals surface area contributed by atoms with Crippen LogP contribution in [0.15, 0.2) is 9.52 Å². The molecule has 10 heteroatoms. The van der Waals surface area contributed by atoms with Crippen LogP contribution in [0.3, 0.4) is 0 Å². The number of carbonyl (C=O) groups excluding carboxylic acids is 1. The third kappa shape index (κ3) is 10.4. The van der Waals surface area contributed by atoms with Crippen LogP contribution in [0.2, 0.25) is 0 Å². The molecule has 0 aliphatic heterocycles. The zero-order chi connectivity index (χ0) is 18.9. The molecule has 1 rings (SSSR count). The van der Waals surface area contributed by atoms with Gasteiger partial charge in [0.05, 0.1) is 0 Å². The standard InChI is InChI=1S/C16H30N6O3.HI/c1-11(2)13-21-12(25-22-13)7-8-18-14(17-6)19-9-10-20-15(23)24-16(3,4)5;/h11H,7-10H2,1-6H3,(H,20,23)(H2,17,18,19);1H. The van der Waals surface area contributed by atoms with E-state index in [0.717, 1.165) is 0 Å². The molecule has 9 nitrogen and oxygen atoms in total. The van der Waals surface area contributed by atoms with Crippen molar-refractivity contribution in [3.63, 3.8) is 0 Å². The number of ether oxygens (including phenoxy) is 1. The van der Waals surface area contributed by atoms with Crippen molar-refractivity contribution in [2.45, 2.75) is 52.6 Å². The van der Waals surface area contributed by atoms with Crippen LogP contribution in [0.1, 0.15) is 52.3 Å². The third-order valence-electron chi connectivity index (χ3n) is 2.94. The molecule has 26 heavy (non-hydrogen) atoms. The first-order chi connectivity index (χ1) is 11.7. The minimum absolute atomic E-state index is 0. The van der Waals surface area contributed by atoms with Crippen molar-refractivity contribution >= 4 is 36.0 Å². The van der Waals surface area contributed by atoms with E-state index in [0.29, 0.717) is 43.7 Å². The zero-order valence-electron chi connectivity index (χ0n) is 16.4. The van der Waals surface area contributed by atoms with Gasteiger partial charge in [-0.05, 0) is 20.8 Å². The van der Waals surface area contributed by atoms with Crippen molar-refractivity contribution in [2.75, 3.05) is 26.7 Å². The molecule has 0 spiro atoms. The summed E-state index contributed by atoms with van der Waals surface area (Å²) in [6, 6.07) is 0. The van der Waals surface area contributed by atoms with Gasteiger partial charge in [-0.25, -0.2) is 4.79 Å². The molecule has 0 radical (unpaired) electrons. The SMILES string of the molecule is CN=C(NCCNC(=O)OC(C)(C)C)NCCc1nc(C(C)C)no1.I. The summed E-state index contributed by atoms with van der Waals surface area (Å²) in [4.78, 5) is 20.0. The lowest BCUT2D eigenvalue weighted by molar-refractivity contribution is 0.0529. The molecule has 1 aromatic rings. The van der Waals surface area contributed by atoms with E-state index in [1.54, 1.807) is 7.05 Å². The van der Waals surface area contributed by atoms with Crippen LogP contribution in [0.5, 0.6) is 0 Å². The predicted octanol–water partition coefficient (Wildman–Crippen LogP) is 2.04. The van der Waals surface area contributed by atoms with Gasteiger partial charge in [-0.3, -0.25) is 4.99 Å². The number of amides is 1. The van der Waals surface area contributed by atoms with Crippen LogP contribution >= 0.6 is 24.0 Å². The Bertz CT molecular complexity index is 569. The average molecular weight is 482 g/mol. The van der Waals surface area contributed by atoms with Gasteiger partial charge in [0.2, 0.25) is 5.89 Å². The fourth-order valence-electron chi connectivity index (χ4n) is 1.77. The quantitative estimate of drug-likeness (QED) is 0.236. The largest absolute Gasteiger partial charge is 0.444 e. The summed E-state index contributed by atoms with van der Waals surface area (Å²) in [5.41, 5.74) is -0.501. The molecule has 0 unspecified atom stereocenters. The number of carbonyl (C=O) groups is 1. The Morgan fingerprint density at radius 3 is 2.35 bits per heavy atom. The fraction of sp³-hybridized carbons (Fsp3) is 0.750. The summed E-state index contributed by atoms with van der Waals surface area (Å²) in [7, 11) is 1.68. The first-order valence-electron chi connectivity index (χ1n) is 8.45. The second-order valence-corrected chi connectivity index (χ2v) is 6.81. The predicted molar refractivity (Wildman–Crippen MR) is 111 cm³/mol. The summed E-state index contributed by atoms with van der Waals surface area (Å²) in [5.74, 6) is 2.19. The Hall–Kier alpha value is -1.59. The highest BCUT2D eigenvalue weighted by molar-refractivity contribution is 14.0. The van der Waals surface area contributed by atoms with E-state index in [-0.39, 0.29) is 29.9 Å². The average Bonchev–Trinajstić information content (AvgIpc) is 2.97. The molecule has 0 aliphatic rings. The van der Waals surface area contributed by atoms with Gasteiger partial charge in [0.25, 0.3) is 0 Å². The normalized spacial score (nSPS) is 11.7. The highest BCUT2D eigenvalue weighted by atomic mass is 127. The van der Waals surface area contributed by atoms with Crippen molar-refractivity contribution < 1.29 is 14.1 Å². The minimum atomic E-state index is -0.501. The summed E-state index contributed by atoms with van der Waals surface area (Å²) >= 11 is 0. The van der Waals surface area contributed by atoms with E-state index in [1.807, 2.05) is 34.6 Å². The minimum Gasteiger partial charge on any atom is -0.444 e. The number of aliphatic imine (C=N–C) groups is 1. The summed E-state index contributed by atoms with van der Waals surface area (Å²) < 4.78 is 10.3. The molecule has 1 heterocycles. The highest BCUT2D eigenvalue weighted by Gasteiger charge is 2.15. The van der Waals surface area contributed by atoms with Crippen LogP contribution < -0.4 is 16.0 Å². The molecular weight excluding hydrogens is 451 g/mol. The molecule has 0 saturated carbocycles. The van der Waals surface area contributed by atoms with Crippen molar-refractivity contribution in [1.29, 1.82) is 0 Å². The van der Waals surface area contributed by atoms with Crippen LogP contribution in [0.4, 0.5) is 4.79 Å². The topological polar surface area (TPSA) is 114 Å². The maximum atomic E-state index is 11.5. The monoisotopic (exact) mass is 482 g/mol. The van der Waals surface area contributed by atoms with Crippen molar-refractivity contribution in [1.82, 2.24) is 26.1 Å². The van der Waals surface area contributed by atoms with E-state index >= 15 is 0 Å². The van der Waals surface area contributed by atoms with E-state index in [1.165, 1.54) is 0 Å². The van der Waals surface area contributed by atoms with Crippen molar-refractivity contribution in [3.05, 3.63) is 11.7 Å². The smallest absolute Gasteiger partial charge is 0.407 e. The van der Waals surface area contributed by atoms with Crippen LogP contribution in [-0.2, 0) is 11.2 Å². The lowest BCUT2D eigenvalue weighted by Crippen LogP contribution is -2.43. The van der Waals surface area contributed by atoms with Gasteiger partial charge >= 0.3 is 6.09 Å². The van der Waals surface area contributed by atoms with E-state index in [4.69, 9.17) is 9.26 Å². The van der Waals surface area contributed by atoms with Crippen LogP contribution in [0, 0.1) is 0 Å². The maximum absolute atomic E-state index is 11.5. The molecule has 0 aliphatic carbocycles. The number of rotatable bonds is 7. The molecule has 0 aromatic carbocycles. The van der Waals surface area contributed by atoms with Gasteiger partial charge in [-0.1, -0.05) is 19.0 Å². The molecule has 3 N–H and O–H groups in total. The van der Waals surface area contributed by atoms with Gasteiger partial charge in [0, 0.05) is 39.0 Å². The van der Waals surface area contributed by atoms with E-state index in [9.17, 15) is 4.79 Å². The Morgan fingerprint density at radius 2 is 1.81 bits per heavy atom. The summed E-state index contributed by atoms with van der Waals surface area (Å²) in [5, 5.41) is 12.8. The molecule has 0 atom stereocenters. The maximum Gasteiger partial charge on any atom is 0.407 e. The number of halogens is 1. The molecule has 1 aromatic heterocycles. The molecule has 0 fully saturated rings. The Balaban J connectivity index is 0.00000625. The molecular formula is C16H31IN6O3. The number of alkyl carbamates (subject to hydrolysis) is 1. The first-order valence-corrected chi connectivity index (χ1v) is 8.45. The number of nitrogens with zero attached hydrogens (tertiary/aromatic N) is 3. The van der Waals surface area contributed by atoms with E-state index in [2.05, 4.69) is 31.1 Å². The Labute approximate surface area is 172 Å². The van der Waals surface area contributed by atoms with Gasteiger partial charge in [-0.15, -0.1) is 24.0 Å². The lowest BCUT2D eigenvalue weighted by Gasteiger charge is -2.19. The second-order valence-electron chi connectivity index (χ2n) is 6.81. The fourth-order valence-corrected chi connectivity index (χ4v) is 1.77. The zero-order valence-corrected chi connectivity index (χ0v) is 18.7. The Kier molecular flexibility index (Phi) is 11.2. The summed E-state index contributed by atoms with van der Waals surface area (Å²) in [6.07, 6.45) is 0.172. The molecule has 0 saturated heterocycles. The van der Waals surface area contributed by atoms with Crippen molar-refractivity contribution in [3.8, 4) is 0 Å². The van der Waals surface area contributed by atoms with Gasteiger partial charge in [-0.2, -0.15) is 4.98 Å². The third-order valence-corrected chi connectivity index (χ3v) is 2.94. The number of guanidine groups is 1. The van der Waals surface area contributed by atoms with E-state index < -0.39 is 11.7 Å². The lowest BCUT2D eigenvalue weighted by atomic mass is 10.2. The number of hydrogen-bond donors (Lipinski definition) is 3. The number of nitrogens with one attached hydrogen (secondary N) is 3. The van der Waals surface area contributed by atoms with Crippen LogP contribution in [-0.4, -0.2) is 54.5 Å². The first kappa shape index (κ1) is 24.4. The number of hydrogen-bond acceptors (Lipinski definition) is 6. The Morgan fingerprint density at radius 1 is 1.19 bits per heavy atom. The molecule has 0 bridgehead atoms. The van der Waals surface area contributed by atoms with Crippen LogP contribution in [0.25, 0.3) is 0 Å². The van der Waals surface area contributed by atoms with Gasteiger partial charge < -0.3 is 25.2 Å². The summed E-state index contributed by atoms with van der Waals surface area (Å²) in [6.45, 7) is 11.1. The molecule has 1 amide bonds.